The largest absolute Gasteiger partial charge is 0.479 e. The first-order valence-corrected chi connectivity index (χ1v) is 7.55. The van der Waals surface area contributed by atoms with Gasteiger partial charge in [-0.15, -0.1) is 0 Å². The molecule has 0 heterocycles. The molecule has 0 aliphatic heterocycles. The van der Waals surface area contributed by atoms with Gasteiger partial charge in [0.05, 0.1) is 0 Å². The van der Waals surface area contributed by atoms with Crippen LogP contribution < -0.4 is 9.47 Å². The third-order valence-electron chi connectivity index (χ3n) is 3.57. The van der Waals surface area contributed by atoms with E-state index in [1.807, 2.05) is 67.6 Å². The summed E-state index contributed by atoms with van der Waals surface area (Å²) in [6.07, 6.45) is -0.678. The van der Waals surface area contributed by atoms with Crippen LogP contribution in [0.1, 0.15) is 12.5 Å². The number of fused-ring (bicyclic) bond motifs is 1. The minimum absolute atomic E-state index is 0.415. The van der Waals surface area contributed by atoms with Crippen LogP contribution in [0.4, 0.5) is 0 Å². The second-order valence-corrected chi connectivity index (χ2v) is 5.51. The molecule has 3 nitrogen and oxygen atoms in total. The van der Waals surface area contributed by atoms with Crippen LogP contribution in [0.25, 0.3) is 10.8 Å². The van der Waals surface area contributed by atoms with Crippen LogP contribution in [-0.2, 0) is 4.79 Å². The van der Waals surface area contributed by atoms with Crippen molar-refractivity contribution >= 4 is 16.7 Å². The van der Waals surface area contributed by atoms with E-state index in [0.29, 0.717) is 11.5 Å². The Bertz CT molecular complexity index is 839. The lowest BCUT2D eigenvalue weighted by Gasteiger charge is -2.14. The molecule has 3 heteroatoms. The van der Waals surface area contributed by atoms with Crippen LogP contribution in [0.15, 0.2) is 66.7 Å². The fourth-order valence-electron chi connectivity index (χ4n) is 2.37. The summed E-state index contributed by atoms with van der Waals surface area (Å²) in [6.45, 7) is 3.66. The van der Waals surface area contributed by atoms with Crippen LogP contribution >= 0.6 is 0 Å². The number of carbonyl (C=O) groups excluding carboxylic acids is 1. The van der Waals surface area contributed by atoms with E-state index in [1.165, 1.54) is 0 Å². The molecule has 1 unspecified atom stereocenters. The lowest BCUT2D eigenvalue weighted by atomic mass is 10.1. The van der Waals surface area contributed by atoms with Crippen LogP contribution in [-0.4, -0.2) is 12.1 Å². The molecule has 3 rings (SSSR count). The van der Waals surface area contributed by atoms with Crippen molar-refractivity contribution in [2.75, 3.05) is 0 Å². The van der Waals surface area contributed by atoms with Gasteiger partial charge < -0.3 is 9.47 Å². The average molecular weight is 306 g/mol. The highest BCUT2D eigenvalue weighted by Gasteiger charge is 2.17. The van der Waals surface area contributed by atoms with Gasteiger partial charge in [0.2, 0.25) is 0 Å². The van der Waals surface area contributed by atoms with E-state index < -0.39 is 12.1 Å². The van der Waals surface area contributed by atoms with Gasteiger partial charge in [-0.2, -0.15) is 0 Å². The molecule has 0 fully saturated rings. The van der Waals surface area contributed by atoms with E-state index in [9.17, 15) is 4.79 Å². The fourth-order valence-corrected chi connectivity index (χ4v) is 2.37. The maximum absolute atomic E-state index is 12.2. The molecule has 0 radical (unpaired) electrons. The second kappa shape index (κ2) is 6.53. The molecular formula is C20H18O3. The molecule has 0 aromatic heterocycles. The van der Waals surface area contributed by atoms with Crippen LogP contribution in [0, 0.1) is 6.92 Å². The summed E-state index contributed by atoms with van der Waals surface area (Å²) in [5.74, 6) is 0.767. The molecule has 116 valence electrons. The van der Waals surface area contributed by atoms with E-state index in [1.54, 1.807) is 13.0 Å². The number of carbonyl (C=O) groups is 1. The minimum Gasteiger partial charge on any atom is -0.479 e. The number of hydrogen-bond donors (Lipinski definition) is 0. The van der Waals surface area contributed by atoms with Gasteiger partial charge in [0.1, 0.15) is 11.5 Å². The molecule has 0 aliphatic carbocycles. The van der Waals surface area contributed by atoms with Gasteiger partial charge in [0.25, 0.3) is 0 Å². The number of hydrogen-bond acceptors (Lipinski definition) is 3. The normalized spacial score (nSPS) is 11.9. The Morgan fingerprint density at radius 3 is 2.43 bits per heavy atom. The highest BCUT2D eigenvalue weighted by molar-refractivity contribution is 5.85. The highest BCUT2D eigenvalue weighted by atomic mass is 16.6. The molecule has 0 N–H and O–H groups in total. The Morgan fingerprint density at radius 2 is 1.65 bits per heavy atom. The number of aryl methyl sites for hydroxylation is 1. The fraction of sp³-hybridized carbons (Fsp3) is 0.150. The first-order valence-electron chi connectivity index (χ1n) is 7.55. The van der Waals surface area contributed by atoms with Gasteiger partial charge in [-0.3, -0.25) is 0 Å². The quantitative estimate of drug-likeness (QED) is 0.525. The van der Waals surface area contributed by atoms with Gasteiger partial charge >= 0.3 is 5.97 Å². The first-order chi connectivity index (χ1) is 11.1. The van der Waals surface area contributed by atoms with E-state index in [-0.39, 0.29) is 0 Å². The zero-order valence-electron chi connectivity index (χ0n) is 13.2. The molecule has 0 amide bonds. The number of ether oxygens (including phenoxy) is 2. The summed E-state index contributed by atoms with van der Waals surface area (Å²) < 4.78 is 11.1. The Kier molecular flexibility index (Phi) is 4.29. The smallest absolute Gasteiger partial charge is 0.352 e. The molecule has 0 spiro atoms. The Morgan fingerprint density at radius 1 is 0.870 bits per heavy atom. The van der Waals surface area contributed by atoms with Crippen molar-refractivity contribution in [1.29, 1.82) is 0 Å². The van der Waals surface area contributed by atoms with Crippen molar-refractivity contribution in [2.45, 2.75) is 20.0 Å². The summed E-state index contributed by atoms with van der Waals surface area (Å²) in [4.78, 5) is 12.2. The molecule has 0 aliphatic rings. The SMILES string of the molecule is Cc1cccc(OC(C)C(=O)Oc2ccc3ccccc3c2)c1. The van der Waals surface area contributed by atoms with E-state index >= 15 is 0 Å². The topological polar surface area (TPSA) is 35.5 Å². The lowest BCUT2D eigenvalue weighted by Crippen LogP contribution is -2.28. The summed E-state index contributed by atoms with van der Waals surface area (Å²) in [5, 5.41) is 2.14. The summed E-state index contributed by atoms with van der Waals surface area (Å²) in [5.41, 5.74) is 1.08. The molecule has 1 atom stereocenters. The van der Waals surface area contributed by atoms with E-state index in [2.05, 4.69) is 0 Å². The van der Waals surface area contributed by atoms with Crippen LogP contribution in [0.2, 0.25) is 0 Å². The van der Waals surface area contributed by atoms with E-state index in [4.69, 9.17) is 9.47 Å². The van der Waals surface area contributed by atoms with Crippen molar-refractivity contribution in [2.24, 2.45) is 0 Å². The van der Waals surface area contributed by atoms with Gasteiger partial charge in [0, 0.05) is 0 Å². The molecule has 0 saturated carbocycles. The van der Waals surface area contributed by atoms with Crippen LogP contribution in [0.5, 0.6) is 11.5 Å². The van der Waals surface area contributed by atoms with Crippen molar-refractivity contribution in [1.82, 2.24) is 0 Å². The van der Waals surface area contributed by atoms with Crippen molar-refractivity contribution in [3.05, 3.63) is 72.3 Å². The molecule has 23 heavy (non-hydrogen) atoms. The lowest BCUT2D eigenvalue weighted by molar-refractivity contribution is -0.141. The summed E-state index contributed by atoms with van der Waals surface area (Å²) >= 11 is 0. The highest BCUT2D eigenvalue weighted by Crippen LogP contribution is 2.21. The van der Waals surface area contributed by atoms with E-state index in [0.717, 1.165) is 16.3 Å². The van der Waals surface area contributed by atoms with Gasteiger partial charge in [-0.05, 0) is 54.4 Å². The third kappa shape index (κ3) is 3.69. The molecule has 3 aromatic carbocycles. The maximum Gasteiger partial charge on any atom is 0.352 e. The second-order valence-electron chi connectivity index (χ2n) is 5.51. The zero-order valence-corrected chi connectivity index (χ0v) is 13.2. The molecular weight excluding hydrogens is 288 g/mol. The summed E-state index contributed by atoms with van der Waals surface area (Å²) in [7, 11) is 0. The Balaban J connectivity index is 1.69. The minimum atomic E-state index is -0.678. The monoisotopic (exact) mass is 306 g/mol. The Labute approximate surface area is 135 Å². The van der Waals surface area contributed by atoms with Crippen LogP contribution in [0.3, 0.4) is 0 Å². The number of rotatable bonds is 4. The number of benzene rings is 3. The predicted octanol–water partition coefficient (Wildman–Crippen LogP) is 4.52. The van der Waals surface area contributed by atoms with Crippen molar-refractivity contribution < 1.29 is 14.3 Å². The first kappa shape index (κ1) is 15.1. The number of esters is 1. The maximum atomic E-state index is 12.2. The predicted molar refractivity (Wildman–Crippen MR) is 90.9 cm³/mol. The Hall–Kier alpha value is -2.81. The van der Waals surface area contributed by atoms with Crippen molar-refractivity contribution in [3.63, 3.8) is 0 Å². The average Bonchev–Trinajstić information content (AvgIpc) is 2.54. The molecule has 0 saturated heterocycles. The molecule has 0 bridgehead atoms. The van der Waals surface area contributed by atoms with Gasteiger partial charge in [-0.25, -0.2) is 4.79 Å². The third-order valence-corrected chi connectivity index (χ3v) is 3.57. The van der Waals surface area contributed by atoms with Gasteiger partial charge in [0.15, 0.2) is 6.10 Å². The van der Waals surface area contributed by atoms with Crippen molar-refractivity contribution in [3.8, 4) is 11.5 Å². The standard InChI is InChI=1S/C20H18O3/c1-14-6-5-9-18(12-14)22-15(2)20(21)23-19-11-10-16-7-3-4-8-17(16)13-19/h3-13,15H,1-2H3. The summed E-state index contributed by atoms with van der Waals surface area (Å²) in [6, 6.07) is 21.1. The van der Waals surface area contributed by atoms with Gasteiger partial charge in [-0.1, -0.05) is 42.5 Å². The zero-order chi connectivity index (χ0) is 16.2. The molecule has 3 aromatic rings.